The van der Waals surface area contributed by atoms with Gasteiger partial charge in [-0.3, -0.25) is 4.79 Å². The number of anilines is 1. The van der Waals surface area contributed by atoms with Crippen molar-refractivity contribution in [2.45, 2.75) is 33.3 Å². The molecular formula is C21H24N2O2. The number of rotatable bonds is 5. The van der Waals surface area contributed by atoms with Crippen molar-refractivity contribution >= 4 is 22.5 Å². The number of ether oxygens (including phenoxy) is 1. The predicted molar refractivity (Wildman–Crippen MR) is 102 cm³/mol. The number of nitrogens with zero attached hydrogens (tertiary/aromatic N) is 1. The summed E-state index contributed by atoms with van der Waals surface area (Å²) in [6, 6.07) is 15.7. The molecule has 3 rings (SSSR count). The molecule has 0 spiro atoms. The van der Waals surface area contributed by atoms with Crippen LogP contribution in [0.15, 0.2) is 48.5 Å². The van der Waals surface area contributed by atoms with Gasteiger partial charge in [-0.25, -0.2) is 0 Å². The van der Waals surface area contributed by atoms with Crippen molar-refractivity contribution < 1.29 is 9.53 Å². The highest BCUT2D eigenvalue weighted by atomic mass is 16.5. The minimum Gasteiger partial charge on any atom is -0.489 e. The molecule has 3 aromatic rings. The number of hydrogen-bond acceptors (Lipinski definition) is 2. The average Bonchev–Trinajstić information content (AvgIpc) is 2.82. The molecular weight excluding hydrogens is 312 g/mol. The summed E-state index contributed by atoms with van der Waals surface area (Å²) in [5.41, 5.74) is 4.03. The molecule has 130 valence electrons. The standard InChI is InChI=1S/C21H24N2O2/c1-14(2)25-20-12-8-6-10-18(20)22-21(24)13-17-15(3)23(4)19-11-7-5-9-16(17)19/h5-12,14H,13H2,1-4H3,(H,22,24). The molecule has 4 heteroatoms. The number of benzene rings is 2. The number of aromatic nitrogens is 1. The Balaban J connectivity index is 1.84. The summed E-state index contributed by atoms with van der Waals surface area (Å²) in [6.07, 6.45) is 0.391. The summed E-state index contributed by atoms with van der Waals surface area (Å²) in [4.78, 5) is 12.6. The average molecular weight is 336 g/mol. The molecule has 0 saturated carbocycles. The van der Waals surface area contributed by atoms with Crippen molar-refractivity contribution in [3.8, 4) is 5.75 Å². The fourth-order valence-corrected chi connectivity index (χ4v) is 3.10. The van der Waals surface area contributed by atoms with Crippen LogP contribution in [-0.4, -0.2) is 16.6 Å². The molecule has 0 atom stereocenters. The van der Waals surface area contributed by atoms with E-state index in [1.165, 1.54) is 0 Å². The molecule has 0 radical (unpaired) electrons. The fraction of sp³-hybridized carbons (Fsp3) is 0.286. The van der Waals surface area contributed by atoms with Gasteiger partial charge in [-0.1, -0.05) is 30.3 Å². The lowest BCUT2D eigenvalue weighted by Crippen LogP contribution is -2.16. The SMILES string of the molecule is Cc1c(CC(=O)Nc2ccccc2OC(C)C)c2ccccc2n1C. The molecule has 0 bridgehead atoms. The second kappa shape index (κ2) is 7.01. The lowest BCUT2D eigenvalue weighted by Gasteiger charge is -2.14. The fourth-order valence-electron chi connectivity index (χ4n) is 3.10. The molecule has 0 aliphatic carbocycles. The summed E-state index contributed by atoms with van der Waals surface area (Å²) in [5.74, 6) is 0.653. The van der Waals surface area contributed by atoms with Gasteiger partial charge in [0.15, 0.2) is 0 Å². The van der Waals surface area contributed by atoms with Crippen molar-refractivity contribution in [3.05, 3.63) is 59.8 Å². The highest BCUT2D eigenvalue weighted by Crippen LogP contribution is 2.27. The van der Waals surface area contributed by atoms with Crippen LogP contribution < -0.4 is 10.1 Å². The van der Waals surface area contributed by atoms with E-state index in [1.54, 1.807) is 0 Å². The largest absolute Gasteiger partial charge is 0.489 e. The first-order valence-electron chi connectivity index (χ1n) is 8.55. The number of aryl methyl sites for hydroxylation is 1. The Bertz CT molecular complexity index is 909. The zero-order valence-corrected chi connectivity index (χ0v) is 15.2. The van der Waals surface area contributed by atoms with Gasteiger partial charge in [0.05, 0.1) is 18.2 Å². The van der Waals surface area contributed by atoms with E-state index in [0.29, 0.717) is 17.9 Å². The van der Waals surface area contributed by atoms with E-state index >= 15 is 0 Å². The molecule has 25 heavy (non-hydrogen) atoms. The highest BCUT2D eigenvalue weighted by molar-refractivity contribution is 5.97. The van der Waals surface area contributed by atoms with Crippen LogP contribution in [0.25, 0.3) is 10.9 Å². The second-order valence-corrected chi connectivity index (χ2v) is 6.53. The van der Waals surface area contributed by atoms with Crippen LogP contribution in [0.1, 0.15) is 25.1 Å². The Morgan fingerprint density at radius 3 is 2.56 bits per heavy atom. The topological polar surface area (TPSA) is 43.3 Å². The zero-order chi connectivity index (χ0) is 18.0. The minimum absolute atomic E-state index is 0.0424. The van der Waals surface area contributed by atoms with Gasteiger partial charge >= 0.3 is 0 Å². The van der Waals surface area contributed by atoms with Gasteiger partial charge in [-0.2, -0.15) is 0 Å². The summed E-state index contributed by atoms with van der Waals surface area (Å²) < 4.78 is 7.91. The van der Waals surface area contributed by atoms with Crippen LogP contribution >= 0.6 is 0 Å². The molecule has 1 aromatic heterocycles. The first kappa shape index (κ1) is 17.1. The summed E-state index contributed by atoms with van der Waals surface area (Å²) in [5, 5.41) is 4.12. The summed E-state index contributed by atoms with van der Waals surface area (Å²) in [6.45, 7) is 5.99. The van der Waals surface area contributed by atoms with Crippen LogP contribution in [-0.2, 0) is 18.3 Å². The van der Waals surface area contributed by atoms with Crippen LogP contribution in [0.5, 0.6) is 5.75 Å². The molecule has 0 fully saturated rings. The molecule has 1 N–H and O–H groups in total. The van der Waals surface area contributed by atoms with Crippen LogP contribution in [0.2, 0.25) is 0 Å². The number of fused-ring (bicyclic) bond motifs is 1. The van der Waals surface area contributed by atoms with Gasteiger partial charge in [0.25, 0.3) is 0 Å². The predicted octanol–water partition coefficient (Wildman–Crippen LogP) is 4.46. The summed E-state index contributed by atoms with van der Waals surface area (Å²) in [7, 11) is 2.03. The lowest BCUT2D eigenvalue weighted by atomic mass is 10.1. The van der Waals surface area contributed by atoms with E-state index < -0.39 is 0 Å². The van der Waals surface area contributed by atoms with Gasteiger partial charge in [-0.15, -0.1) is 0 Å². The molecule has 0 aliphatic heterocycles. The quantitative estimate of drug-likeness (QED) is 0.748. The second-order valence-electron chi connectivity index (χ2n) is 6.53. The number of para-hydroxylation sites is 3. The normalized spacial score (nSPS) is 11.1. The third-order valence-corrected chi connectivity index (χ3v) is 4.39. The van der Waals surface area contributed by atoms with Crippen molar-refractivity contribution in [2.24, 2.45) is 7.05 Å². The van der Waals surface area contributed by atoms with Crippen molar-refractivity contribution in [2.75, 3.05) is 5.32 Å². The molecule has 1 heterocycles. The van der Waals surface area contributed by atoms with Gasteiger partial charge in [-0.05, 0) is 44.5 Å². The van der Waals surface area contributed by atoms with Crippen LogP contribution in [0, 0.1) is 6.92 Å². The Hall–Kier alpha value is -2.75. The van der Waals surface area contributed by atoms with Gasteiger partial charge in [0, 0.05) is 23.6 Å². The Labute approximate surface area is 148 Å². The monoisotopic (exact) mass is 336 g/mol. The van der Waals surface area contributed by atoms with E-state index in [2.05, 4.69) is 28.9 Å². The molecule has 1 amide bonds. The molecule has 4 nitrogen and oxygen atoms in total. The smallest absolute Gasteiger partial charge is 0.228 e. The van der Waals surface area contributed by atoms with Gasteiger partial charge in [0.1, 0.15) is 5.75 Å². The van der Waals surface area contributed by atoms with Gasteiger partial charge < -0.3 is 14.6 Å². The Morgan fingerprint density at radius 2 is 1.80 bits per heavy atom. The molecule has 2 aromatic carbocycles. The number of nitrogens with one attached hydrogen (secondary N) is 1. The first-order valence-corrected chi connectivity index (χ1v) is 8.55. The Kier molecular flexibility index (Phi) is 4.79. The maximum atomic E-state index is 12.6. The van der Waals surface area contributed by atoms with Crippen LogP contribution in [0.4, 0.5) is 5.69 Å². The first-order chi connectivity index (χ1) is 12.0. The number of amides is 1. The summed E-state index contributed by atoms with van der Waals surface area (Å²) >= 11 is 0. The maximum absolute atomic E-state index is 12.6. The number of carbonyl (C=O) groups is 1. The third-order valence-electron chi connectivity index (χ3n) is 4.39. The highest BCUT2D eigenvalue weighted by Gasteiger charge is 2.16. The van der Waals surface area contributed by atoms with E-state index in [1.807, 2.05) is 57.3 Å². The van der Waals surface area contributed by atoms with E-state index in [9.17, 15) is 4.79 Å². The Morgan fingerprint density at radius 1 is 1.12 bits per heavy atom. The van der Waals surface area contributed by atoms with E-state index in [0.717, 1.165) is 22.2 Å². The van der Waals surface area contributed by atoms with Crippen molar-refractivity contribution in [3.63, 3.8) is 0 Å². The van der Waals surface area contributed by atoms with E-state index in [-0.39, 0.29) is 12.0 Å². The van der Waals surface area contributed by atoms with Crippen molar-refractivity contribution in [1.29, 1.82) is 0 Å². The number of carbonyl (C=O) groups excluding carboxylic acids is 1. The van der Waals surface area contributed by atoms with Crippen LogP contribution in [0.3, 0.4) is 0 Å². The lowest BCUT2D eigenvalue weighted by molar-refractivity contribution is -0.115. The van der Waals surface area contributed by atoms with Crippen molar-refractivity contribution in [1.82, 2.24) is 4.57 Å². The number of hydrogen-bond donors (Lipinski definition) is 1. The third kappa shape index (κ3) is 3.53. The zero-order valence-electron chi connectivity index (χ0n) is 15.2. The van der Waals surface area contributed by atoms with Gasteiger partial charge in [0.2, 0.25) is 5.91 Å². The molecule has 0 saturated heterocycles. The maximum Gasteiger partial charge on any atom is 0.228 e. The van der Waals surface area contributed by atoms with E-state index in [4.69, 9.17) is 4.74 Å². The molecule has 0 aliphatic rings. The molecule has 0 unspecified atom stereocenters. The minimum atomic E-state index is -0.0424.